The van der Waals surface area contributed by atoms with Crippen molar-refractivity contribution in [3.63, 3.8) is 0 Å². The van der Waals surface area contributed by atoms with Crippen LogP contribution in [0, 0.1) is 6.92 Å². The zero-order valence-corrected chi connectivity index (χ0v) is 16.0. The normalized spacial score (nSPS) is 16.9. The van der Waals surface area contributed by atoms with Crippen molar-refractivity contribution in [3.05, 3.63) is 48.0 Å². The Balaban J connectivity index is 0.00000196. The predicted octanol–water partition coefficient (Wildman–Crippen LogP) is 3.62. The summed E-state index contributed by atoms with van der Waals surface area (Å²) in [7, 11) is 0. The molecule has 136 valence electrons. The van der Waals surface area contributed by atoms with Gasteiger partial charge in [-0.1, -0.05) is 6.07 Å². The Labute approximate surface area is 162 Å². The molecule has 26 heavy (non-hydrogen) atoms. The Morgan fingerprint density at radius 1 is 1.27 bits per heavy atom. The molecule has 2 aromatic carbocycles. The molecule has 7 heteroatoms. The van der Waals surface area contributed by atoms with Crippen LogP contribution in [0.1, 0.15) is 5.56 Å². The molecule has 1 unspecified atom stereocenters. The van der Waals surface area contributed by atoms with E-state index in [9.17, 15) is 4.79 Å². The van der Waals surface area contributed by atoms with Crippen molar-refractivity contribution in [1.29, 1.82) is 0 Å². The highest BCUT2D eigenvalue weighted by Gasteiger charge is 2.21. The highest BCUT2D eigenvalue weighted by atomic mass is 35.5. The van der Waals surface area contributed by atoms with Crippen molar-refractivity contribution in [3.8, 4) is 10.6 Å². The van der Waals surface area contributed by atoms with Crippen molar-refractivity contribution in [2.75, 3.05) is 25.1 Å². The molecular formula is C19H20ClN3O2S. The van der Waals surface area contributed by atoms with Crippen LogP contribution in [-0.2, 0) is 9.53 Å². The second kappa shape index (κ2) is 8.14. The number of carbonyl (C=O) groups is 1. The van der Waals surface area contributed by atoms with Crippen LogP contribution in [0.25, 0.3) is 20.8 Å². The van der Waals surface area contributed by atoms with Gasteiger partial charge >= 0.3 is 0 Å². The maximum atomic E-state index is 12.2. The lowest BCUT2D eigenvalue weighted by Crippen LogP contribution is -2.48. The van der Waals surface area contributed by atoms with Gasteiger partial charge in [0.1, 0.15) is 11.0 Å². The summed E-state index contributed by atoms with van der Waals surface area (Å²) < 4.78 is 6.52. The quantitative estimate of drug-likeness (QED) is 0.718. The largest absolute Gasteiger partial charge is 0.378 e. The molecule has 2 heterocycles. The van der Waals surface area contributed by atoms with Crippen LogP contribution in [0.3, 0.4) is 0 Å². The number of aromatic nitrogens is 1. The maximum absolute atomic E-state index is 12.2. The van der Waals surface area contributed by atoms with Crippen LogP contribution < -0.4 is 10.6 Å². The fourth-order valence-electron chi connectivity index (χ4n) is 2.81. The molecular weight excluding hydrogens is 370 g/mol. The molecule has 2 N–H and O–H groups in total. The number of benzene rings is 2. The number of ether oxygens (including phenoxy) is 1. The van der Waals surface area contributed by atoms with Gasteiger partial charge in [0, 0.05) is 17.8 Å². The molecule has 5 nitrogen and oxygen atoms in total. The minimum Gasteiger partial charge on any atom is -0.378 e. The van der Waals surface area contributed by atoms with Gasteiger partial charge in [0.2, 0.25) is 5.91 Å². The third-order valence-corrected chi connectivity index (χ3v) is 5.25. The van der Waals surface area contributed by atoms with E-state index < -0.39 is 0 Å². The maximum Gasteiger partial charge on any atom is 0.243 e. The molecule has 1 aliphatic rings. The van der Waals surface area contributed by atoms with Gasteiger partial charge in [0.25, 0.3) is 0 Å². The monoisotopic (exact) mass is 389 g/mol. The lowest BCUT2D eigenvalue weighted by atomic mass is 10.2. The minimum absolute atomic E-state index is 0. The standard InChI is InChI=1S/C19H19N3O2S.ClH/c1-12-2-7-15-17(10-12)25-19(22-15)13-3-5-14(6-4-13)21-18(23)16-11-24-9-8-20-16;/h2-7,10,16,20H,8-9,11H2,1H3,(H,21,23);1H. The number of hydrogen-bond donors (Lipinski definition) is 2. The Bertz CT molecular complexity index is 905. The smallest absolute Gasteiger partial charge is 0.243 e. The molecule has 1 aliphatic heterocycles. The van der Waals surface area contributed by atoms with E-state index in [0.29, 0.717) is 19.8 Å². The fourth-order valence-corrected chi connectivity index (χ4v) is 3.88. The van der Waals surface area contributed by atoms with Crippen molar-refractivity contribution in [2.24, 2.45) is 0 Å². The number of hydrogen-bond acceptors (Lipinski definition) is 5. The lowest BCUT2D eigenvalue weighted by Gasteiger charge is -2.22. The first kappa shape index (κ1) is 18.8. The van der Waals surface area contributed by atoms with Crippen LogP contribution in [0.15, 0.2) is 42.5 Å². The van der Waals surface area contributed by atoms with Gasteiger partial charge in [-0.25, -0.2) is 4.98 Å². The summed E-state index contributed by atoms with van der Waals surface area (Å²) in [5.41, 5.74) is 4.08. The Kier molecular flexibility index (Phi) is 5.88. The third-order valence-electron chi connectivity index (χ3n) is 4.18. The number of rotatable bonds is 3. The number of thiazole rings is 1. The van der Waals surface area contributed by atoms with E-state index in [4.69, 9.17) is 9.72 Å². The second-order valence-electron chi connectivity index (χ2n) is 6.14. The summed E-state index contributed by atoms with van der Waals surface area (Å²) in [6.45, 7) is 3.85. The average molecular weight is 390 g/mol. The molecule has 1 saturated heterocycles. The summed E-state index contributed by atoms with van der Waals surface area (Å²) in [6, 6.07) is 13.8. The summed E-state index contributed by atoms with van der Waals surface area (Å²) >= 11 is 1.68. The predicted molar refractivity (Wildman–Crippen MR) is 108 cm³/mol. The number of nitrogens with one attached hydrogen (secondary N) is 2. The van der Waals surface area contributed by atoms with Gasteiger partial charge in [-0.15, -0.1) is 23.7 Å². The van der Waals surface area contributed by atoms with Crippen molar-refractivity contribution in [2.45, 2.75) is 13.0 Å². The van der Waals surface area contributed by atoms with E-state index >= 15 is 0 Å². The molecule has 1 aromatic heterocycles. The molecule has 4 rings (SSSR count). The average Bonchev–Trinajstić information content (AvgIpc) is 3.06. The zero-order valence-electron chi connectivity index (χ0n) is 14.3. The molecule has 0 spiro atoms. The molecule has 0 aliphatic carbocycles. The number of nitrogens with zero attached hydrogens (tertiary/aromatic N) is 1. The molecule has 1 amide bonds. The van der Waals surface area contributed by atoms with Gasteiger partial charge < -0.3 is 15.4 Å². The first-order valence-electron chi connectivity index (χ1n) is 8.29. The van der Waals surface area contributed by atoms with Crippen molar-refractivity contribution in [1.82, 2.24) is 10.3 Å². The zero-order chi connectivity index (χ0) is 17.2. The van der Waals surface area contributed by atoms with Crippen LogP contribution in [0.2, 0.25) is 0 Å². The number of carbonyl (C=O) groups excluding carboxylic acids is 1. The number of fused-ring (bicyclic) bond motifs is 1. The van der Waals surface area contributed by atoms with Gasteiger partial charge in [0.15, 0.2) is 0 Å². The van der Waals surface area contributed by atoms with Gasteiger partial charge in [-0.3, -0.25) is 4.79 Å². The third kappa shape index (κ3) is 4.04. The van der Waals surface area contributed by atoms with Crippen LogP contribution >= 0.6 is 23.7 Å². The number of amides is 1. The SMILES string of the molecule is Cc1ccc2nc(-c3ccc(NC(=O)C4COCCN4)cc3)sc2c1.Cl. The van der Waals surface area contributed by atoms with Crippen LogP contribution in [-0.4, -0.2) is 36.7 Å². The van der Waals surface area contributed by atoms with E-state index in [-0.39, 0.29) is 24.4 Å². The van der Waals surface area contributed by atoms with Gasteiger partial charge in [-0.05, 0) is 48.9 Å². The highest BCUT2D eigenvalue weighted by Crippen LogP contribution is 2.31. The summed E-state index contributed by atoms with van der Waals surface area (Å²) in [5.74, 6) is -0.0667. The number of aryl methyl sites for hydroxylation is 1. The Morgan fingerprint density at radius 3 is 2.81 bits per heavy atom. The minimum atomic E-state index is -0.291. The van der Waals surface area contributed by atoms with Crippen LogP contribution in [0.5, 0.6) is 0 Å². The summed E-state index contributed by atoms with van der Waals surface area (Å²) in [6.07, 6.45) is 0. The van der Waals surface area contributed by atoms with Gasteiger partial charge in [-0.2, -0.15) is 0 Å². The first-order valence-corrected chi connectivity index (χ1v) is 9.10. The summed E-state index contributed by atoms with van der Waals surface area (Å²) in [4.78, 5) is 16.9. The number of anilines is 1. The topological polar surface area (TPSA) is 63.2 Å². The molecule has 3 aromatic rings. The molecule has 0 saturated carbocycles. The van der Waals surface area contributed by atoms with E-state index in [0.717, 1.165) is 21.8 Å². The molecule has 0 bridgehead atoms. The first-order chi connectivity index (χ1) is 12.2. The number of halogens is 1. The van der Waals surface area contributed by atoms with Crippen molar-refractivity contribution >= 4 is 45.6 Å². The highest BCUT2D eigenvalue weighted by molar-refractivity contribution is 7.21. The van der Waals surface area contributed by atoms with Gasteiger partial charge in [0.05, 0.1) is 23.4 Å². The van der Waals surface area contributed by atoms with Crippen LogP contribution in [0.4, 0.5) is 5.69 Å². The lowest BCUT2D eigenvalue weighted by molar-refractivity contribution is -0.120. The molecule has 1 atom stereocenters. The van der Waals surface area contributed by atoms with E-state index in [1.165, 1.54) is 10.3 Å². The summed E-state index contributed by atoms with van der Waals surface area (Å²) in [5, 5.41) is 7.06. The number of morpholine rings is 1. The van der Waals surface area contributed by atoms with E-state index in [1.54, 1.807) is 11.3 Å². The van der Waals surface area contributed by atoms with E-state index in [2.05, 4.69) is 35.8 Å². The molecule has 1 fully saturated rings. The second-order valence-corrected chi connectivity index (χ2v) is 7.17. The molecule has 0 radical (unpaired) electrons. The fraction of sp³-hybridized carbons (Fsp3) is 0.263. The Morgan fingerprint density at radius 2 is 2.08 bits per heavy atom. The van der Waals surface area contributed by atoms with Crippen molar-refractivity contribution < 1.29 is 9.53 Å². The Hall–Kier alpha value is -1.99. The van der Waals surface area contributed by atoms with E-state index in [1.807, 2.05) is 24.3 Å².